The Bertz CT molecular complexity index is 940. The third-order valence-electron chi connectivity index (χ3n) is 4.69. The number of benzene rings is 2. The van der Waals surface area contributed by atoms with Gasteiger partial charge in [-0.1, -0.05) is 63.2 Å². The summed E-state index contributed by atoms with van der Waals surface area (Å²) >= 11 is 0. The molecule has 0 bridgehead atoms. The highest BCUT2D eigenvalue weighted by Gasteiger charge is 2.20. The van der Waals surface area contributed by atoms with Crippen LogP contribution in [0, 0.1) is 0 Å². The van der Waals surface area contributed by atoms with Gasteiger partial charge in [-0.15, -0.1) is 0 Å². The maximum atomic E-state index is 12.5. The Morgan fingerprint density at radius 2 is 1.62 bits per heavy atom. The van der Waals surface area contributed by atoms with Crippen LogP contribution in [0.25, 0.3) is 0 Å². The van der Waals surface area contributed by atoms with Gasteiger partial charge in [0.05, 0.1) is 12.8 Å². The molecule has 0 aliphatic rings. The summed E-state index contributed by atoms with van der Waals surface area (Å²) in [7, 11) is 0. The average Bonchev–Trinajstić information content (AvgIpc) is 3.25. The Kier molecular flexibility index (Phi) is 6.17. The average molecular weight is 390 g/mol. The molecule has 2 N–H and O–H groups in total. The fourth-order valence-corrected chi connectivity index (χ4v) is 3.02. The molecule has 1 atom stereocenters. The first kappa shape index (κ1) is 20.4. The van der Waals surface area contributed by atoms with Gasteiger partial charge in [0.25, 0.3) is 5.91 Å². The van der Waals surface area contributed by atoms with Crippen LogP contribution in [0.1, 0.15) is 54.1 Å². The van der Waals surface area contributed by atoms with E-state index in [2.05, 4.69) is 31.4 Å². The molecule has 5 heteroatoms. The maximum absolute atomic E-state index is 12.5. The number of furan rings is 1. The summed E-state index contributed by atoms with van der Waals surface area (Å²) in [4.78, 5) is 24.9. The molecular formula is C24H26N2O3. The summed E-state index contributed by atoms with van der Waals surface area (Å²) in [5.41, 5.74) is 2.60. The van der Waals surface area contributed by atoms with Gasteiger partial charge < -0.3 is 15.1 Å². The summed E-state index contributed by atoms with van der Waals surface area (Å²) in [6.07, 6.45) is 1.57. The molecule has 1 heterocycles. The number of nitrogens with one attached hydrogen (secondary N) is 2. The van der Waals surface area contributed by atoms with Gasteiger partial charge in [0, 0.05) is 5.56 Å². The molecule has 3 rings (SSSR count). The second kappa shape index (κ2) is 8.78. The van der Waals surface area contributed by atoms with Crippen LogP contribution in [-0.4, -0.2) is 18.4 Å². The number of rotatable bonds is 6. The number of carbonyl (C=O) groups is 2. The van der Waals surface area contributed by atoms with Crippen LogP contribution >= 0.6 is 0 Å². The van der Waals surface area contributed by atoms with Gasteiger partial charge >= 0.3 is 0 Å². The lowest BCUT2D eigenvalue weighted by Crippen LogP contribution is -2.39. The third kappa shape index (κ3) is 5.35. The maximum Gasteiger partial charge on any atom is 0.251 e. The highest BCUT2D eigenvalue weighted by Crippen LogP contribution is 2.23. The molecule has 29 heavy (non-hydrogen) atoms. The van der Waals surface area contributed by atoms with Crippen molar-refractivity contribution >= 4 is 11.8 Å². The standard InChI is InChI=1S/C24H26N2O3/c1-24(2,3)19-13-11-18(12-14-19)23(28)25-16-21(27)26-22(20-10-7-15-29-20)17-8-5-4-6-9-17/h4-15,22H,16H2,1-3H3,(H,25,28)(H,26,27). The van der Waals surface area contributed by atoms with Crippen molar-refractivity contribution in [3.63, 3.8) is 0 Å². The van der Waals surface area contributed by atoms with Crippen LogP contribution in [0.5, 0.6) is 0 Å². The van der Waals surface area contributed by atoms with Gasteiger partial charge in [-0.2, -0.15) is 0 Å². The highest BCUT2D eigenvalue weighted by molar-refractivity contribution is 5.96. The predicted molar refractivity (Wildman–Crippen MR) is 113 cm³/mol. The Hall–Kier alpha value is -3.34. The second-order valence-corrected chi connectivity index (χ2v) is 7.94. The molecule has 0 saturated carbocycles. The van der Waals surface area contributed by atoms with E-state index in [4.69, 9.17) is 4.42 Å². The van der Waals surface area contributed by atoms with Crippen molar-refractivity contribution in [2.45, 2.75) is 32.2 Å². The van der Waals surface area contributed by atoms with Crippen LogP contribution in [0.2, 0.25) is 0 Å². The molecule has 0 saturated heterocycles. The first-order valence-electron chi connectivity index (χ1n) is 9.61. The molecule has 1 unspecified atom stereocenters. The van der Waals surface area contributed by atoms with Gasteiger partial charge in [-0.05, 0) is 40.8 Å². The largest absolute Gasteiger partial charge is 0.467 e. The van der Waals surface area contributed by atoms with Crippen LogP contribution < -0.4 is 10.6 Å². The Balaban J connectivity index is 1.61. The van der Waals surface area contributed by atoms with Gasteiger partial charge in [-0.3, -0.25) is 9.59 Å². The van der Waals surface area contributed by atoms with E-state index in [-0.39, 0.29) is 23.8 Å². The van der Waals surface area contributed by atoms with E-state index >= 15 is 0 Å². The van der Waals surface area contributed by atoms with Crippen molar-refractivity contribution in [3.8, 4) is 0 Å². The van der Waals surface area contributed by atoms with Crippen molar-refractivity contribution < 1.29 is 14.0 Å². The molecule has 1 aromatic heterocycles. The lowest BCUT2D eigenvalue weighted by Gasteiger charge is -2.19. The first-order valence-corrected chi connectivity index (χ1v) is 9.61. The molecule has 0 fully saturated rings. The number of amides is 2. The minimum absolute atomic E-state index is 0.0210. The van der Waals surface area contributed by atoms with E-state index in [1.807, 2.05) is 48.5 Å². The van der Waals surface area contributed by atoms with Crippen molar-refractivity contribution in [2.75, 3.05) is 6.54 Å². The molecule has 3 aromatic rings. The molecule has 0 spiro atoms. The van der Waals surface area contributed by atoms with E-state index in [0.717, 1.165) is 11.1 Å². The van der Waals surface area contributed by atoms with Gasteiger partial charge in [0.2, 0.25) is 5.91 Å². The van der Waals surface area contributed by atoms with Crippen LogP contribution in [0.3, 0.4) is 0 Å². The fraction of sp³-hybridized carbons (Fsp3) is 0.250. The van der Waals surface area contributed by atoms with Gasteiger partial charge in [0.1, 0.15) is 11.8 Å². The summed E-state index contributed by atoms with van der Waals surface area (Å²) in [5, 5.41) is 5.60. The Morgan fingerprint density at radius 3 is 2.21 bits per heavy atom. The van der Waals surface area contributed by atoms with Crippen molar-refractivity contribution in [1.82, 2.24) is 10.6 Å². The monoisotopic (exact) mass is 390 g/mol. The molecule has 150 valence electrons. The molecular weight excluding hydrogens is 364 g/mol. The minimum atomic E-state index is -0.415. The summed E-state index contributed by atoms with van der Waals surface area (Å²) < 4.78 is 5.48. The van der Waals surface area contributed by atoms with E-state index in [9.17, 15) is 9.59 Å². The zero-order valence-corrected chi connectivity index (χ0v) is 16.9. The Morgan fingerprint density at radius 1 is 0.931 bits per heavy atom. The quantitative estimate of drug-likeness (QED) is 0.662. The van der Waals surface area contributed by atoms with Crippen molar-refractivity contribution in [3.05, 3.63) is 95.4 Å². The number of hydrogen-bond acceptors (Lipinski definition) is 3. The van der Waals surface area contributed by atoms with E-state index in [0.29, 0.717) is 11.3 Å². The lowest BCUT2D eigenvalue weighted by atomic mass is 9.87. The molecule has 2 aromatic carbocycles. The minimum Gasteiger partial charge on any atom is -0.467 e. The highest BCUT2D eigenvalue weighted by atomic mass is 16.3. The zero-order chi connectivity index (χ0) is 20.9. The summed E-state index contributed by atoms with van der Waals surface area (Å²) in [6.45, 7) is 6.24. The normalized spacial score (nSPS) is 12.2. The van der Waals surface area contributed by atoms with E-state index in [1.165, 1.54) is 0 Å². The topological polar surface area (TPSA) is 71.3 Å². The third-order valence-corrected chi connectivity index (χ3v) is 4.69. The summed E-state index contributed by atoms with van der Waals surface area (Å²) in [6, 6.07) is 20.2. The van der Waals surface area contributed by atoms with Crippen LogP contribution in [0.4, 0.5) is 0 Å². The number of carbonyl (C=O) groups excluding carboxylic acids is 2. The Labute approximate surface area is 171 Å². The van der Waals surface area contributed by atoms with Crippen LogP contribution in [0.15, 0.2) is 77.4 Å². The van der Waals surface area contributed by atoms with E-state index in [1.54, 1.807) is 24.5 Å². The molecule has 0 aliphatic carbocycles. The smallest absolute Gasteiger partial charge is 0.251 e. The first-order chi connectivity index (χ1) is 13.8. The van der Waals surface area contributed by atoms with Gasteiger partial charge in [-0.25, -0.2) is 0 Å². The van der Waals surface area contributed by atoms with E-state index < -0.39 is 6.04 Å². The van der Waals surface area contributed by atoms with Crippen molar-refractivity contribution in [1.29, 1.82) is 0 Å². The zero-order valence-electron chi connectivity index (χ0n) is 16.9. The molecule has 0 aliphatic heterocycles. The SMILES string of the molecule is CC(C)(C)c1ccc(C(=O)NCC(=O)NC(c2ccccc2)c2ccco2)cc1. The predicted octanol–water partition coefficient (Wildman–Crippen LogP) is 4.21. The fourth-order valence-electron chi connectivity index (χ4n) is 3.02. The molecule has 2 amide bonds. The summed E-state index contributed by atoms with van der Waals surface area (Å²) in [5.74, 6) is 0.0541. The number of hydrogen-bond donors (Lipinski definition) is 2. The van der Waals surface area contributed by atoms with Crippen molar-refractivity contribution in [2.24, 2.45) is 0 Å². The molecule has 0 radical (unpaired) electrons. The second-order valence-electron chi connectivity index (χ2n) is 7.94. The lowest BCUT2D eigenvalue weighted by molar-refractivity contribution is -0.120. The van der Waals surface area contributed by atoms with Crippen LogP contribution in [-0.2, 0) is 10.2 Å². The molecule has 5 nitrogen and oxygen atoms in total. The van der Waals surface area contributed by atoms with Gasteiger partial charge in [0.15, 0.2) is 0 Å².